The quantitative estimate of drug-likeness (QED) is 0.590. The van der Waals surface area contributed by atoms with Crippen LogP contribution in [0.1, 0.15) is 35.7 Å². The summed E-state index contributed by atoms with van der Waals surface area (Å²) in [5, 5.41) is 9.06. The second kappa shape index (κ2) is 8.94. The molecule has 0 bridgehead atoms. The first-order valence-electron chi connectivity index (χ1n) is 10.3. The highest BCUT2D eigenvalue weighted by atomic mass is 32.2. The molecule has 2 heterocycles. The Morgan fingerprint density at radius 2 is 1.90 bits per heavy atom. The van der Waals surface area contributed by atoms with E-state index in [9.17, 15) is 13.2 Å². The number of hydrogen-bond donors (Lipinski definition) is 2. The molecule has 3 N–H and O–H groups in total. The fourth-order valence-corrected chi connectivity index (χ4v) is 5.23. The molecule has 3 aromatic rings. The molecule has 9 heteroatoms. The van der Waals surface area contributed by atoms with Crippen LogP contribution in [-0.2, 0) is 16.4 Å². The van der Waals surface area contributed by atoms with Gasteiger partial charge in [0.1, 0.15) is 0 Å². The number of hydrogen-bond acceptors (Lipinski definition) is 6. The molecule has 2 aromatic carbocycles. The van der Waals surface area contributed by atoms with E-state index in [1.54, 1.807) is 29.5 Å². The van der Waals surface area contributed by atoms with Gasteiger partial charge in [0.25, 0.3) is 5.91 Å². The lowest BCUT2D eigenvalue weighted by molar-refractivity contribution is 0.0954. The Hall–Kier alpha value is -2.49. The molecule has 0 saturated carbocycles. The molecule has 1 aromatic heterocycles. The van der Waals surface area contributed by atoms with Crippen LogP contribution in [0.25, 0.3) is 10.2 Å². The average Bonchev–Trinajstić information content (AvgIpc) is 3.17. The Bertz CT molecular complexity index is 1180. The van der Waals surface area contributed by atoms with E-state index in [0.29, 0.717) is 18.5 Å². The van der Waals surface area contributed by atoms with Crippen molar-refractivity contribution < 1.29 is 13.2 Å². The van der Waals surface area contributed by atoms with E-state index in [2.05, 4.69) is 17.1 Å². The number of nitrogens with two attached hydrogens (primary N) is 1. The number of primary sulfonamides is 1. The third-order valence-electron chi connectivity index (χ3n) is 5.64. The van der Waals surface area contributed by atoms with Gasteiger partial charge in [0.15, 0.2) is 5.13 Å². The van der Waals surface area contributed by atoms with Gasteiger partial charge >= 0.3 is 0 Å². The first-order valence-corrected chi connectivity index (χ1v) is 12.7. The van der Waals surface area contributed by atoms with Gasteiger partial charge in [0.2, 0.25) is 10.0 Å². The number of sulfonamides is 1. The van der Waals surface area contributed by atoms with E-state index < -0.39 is 10.0 Å². The number of piperidine rings is 1. The van der Waals surface area contributed by atoms with Crippen LogP contribution < -0.4 is 15.4 Å². The lowest BCUT2D eigenvalue weighted by Crippen LogP contribution is -2.32. The van der Waals surface area contributed by atoms with Gasteiger partial charge in [-0.1, -0.05) is 30.4 Å². The number of aromatic nitrogens is 1. The molecule has 1 aliphatic heterocycles. The molecule has 0 spiro atoms. The number of nitrogens with zero attached hydrogens (tertiary/aromatic N) is 2. The summed E-state index contributed by atoms with van der Waals surface area (Å²) in [6.07, 6.45) is 2.97. The highest BCUT2D eigenvalue weighted by Gasteiger charge is 2.19. The van der Waals surface area contributed by atoms with Crippen molar-refractivity contribution in [3.8, 4) is 0 Å². The number of nitrogens with one attached hydrogen (secondary N) is 1. The van der Waals surface area contributed by atoms with Crippen LogP contribution in [0.4, 0.5) is 5.13 Å². The first kappa shape index (κ1) is 21.7. The van der Waals surface area contributed by atoms with Crippen LogP contribution >= 0.6 is 11.3 Å². The van der Waals surface area contributed by atoms with E-state index in [4.69, 9.17) is 10.1 Å². The van der Waals surface area contributed by atoms with Gasteiger partial charge < -0.3 is 10.2 Å². The summed E-state index contributed by atoms with van der Waals surface area (Å²) in [5.41, 5.74) is 2.45. The molecule has 0 atom stereocenters. The molecule has 0 aliphatic carbocycles. The second-order valence-electron chi connectivity index (χ2n) is 8.04. The van der Waals surface area contributed by atoms with E-state index in [1.807, 2.05) is 12.1 Å². The van der Waals surface area contributed by atoms with E-state index in [1.165, 1.54) is 25.0 Å². The summed E-state index contributed by atoms with van der Waals surface area (Å²) >= 11 is 1.64. The number of rotatable bonds is 6. The molecule has 1 fully saturated rings. The average molecular weight is 459 g/mol. The van der Waals surface area contributed by atoms with Crippen molar-refractivity contribution in [2.24, 2.45) is 11.1 Å². The lowest BCUT2D eigenvalue weighted by atomic mass is 10.00. The van der Waals surface area contributed by atoms with Crippen molar-refractivity contribution in [2.75, 3.05) is 24.5 Å². The van der Waals surface area contributed by atoms with Crippen LogP contribution in [0.2, 0.25) is 0 Å². The van der Waals surface area contributed by atoms with Crippen molar-refractivity contribution in [1.29, 1.82) is 0 Å². The minimum atomic E-state index is -3.69. The zero-order valence-electron chi connectivity index (χ0n) is 17.4. The van der Waals surface area contributed by atoms with Gasteiger partial charge in [0, 0.05) is 25.2 Å². The predicted octanol–water partition coefficient (Wildman–Crippen LogP) is 3.15. The normalized spacial score (nSPS) is 15.4. The fraction of sp³-hybridized carbons (Fsp3) is 0.364. The maximum atomic E-state index is 12.6. The molecule has 1 amide bonds. The van der Waals surface area contributed by atoms with Gasteiger partial charge in [-0.3, -0.25) is 4.79 Å². The summed E-state index contributed by atoms with van der Waals surface area (Å²) in [6, 6.07) is 12.0. The predicted molar refractivity (Wildman–Crippen MR) is 124 cm³/mol. The molecule has 1 aliphatic rings. The SMILES string of the molecule is CC1CCN(c2nc3ccc(C(=O)NCCc4ccc(S(N)(=O)=O)cc4)cc3s2)CC1. The molecular weight excluding hydrogens is 432 g/mol. The van der Waals surface area contributed by atoms with Gasteiger partial charge in [-0.05, 0) is 61.1 Å². The van der Waals surface area contributed by atoms with E-state index in [0.717, 1.165) is 39.9 Å². The molecule has 31 heavy (non-hydrogen) atoms. The Kier molecular flexibility index (Phi) is 6.27. The zero-order valence-corrected chi connectivity index (χ0v) is 19.0. The lowest BCUT2D eigenvalue weighted by Gasteiger charge is -2.29. The topological polar surface area (TPSA) is 105 Å². The summed E-state index contributed by atoms with van der Waals surface area (Å²) in [4.78, 5) is 19.7. The molecule has 0 radical (unpaired) electrons. The number of anilines is 1. The number of fused-ring (bicyclic) bond motifs is 1. The van der Waals surface area contributed by atoms with Gasteiger partial charge in [-0.25, -0.2) is 18.5 Å². The summed E-state index contributed by atoms with van der Waals surface area (Å²) in [5.74, 6) is 0.636. The van der Waals surface area contributed by atoms with Crippen molar-refractivity contribution in [2.45, 2.75) is 31.1 Å². The number of carbonyl (C=O) groups excluding carboxylic acids is 1. The fourth-order valence-electron chi connectivity index (χ4n) is 3.66. The van der Waals surface area contributed by atoms with Gasteiger partial charge in [0.05, 0.1) is 15.1 Å². The monoisotopic (exact) mass is 458 g/mol. The van der Waals surface area contributed by atoms with Crippen LogP contribution in [0.3, 0.4) is 0 Å². The number of benzene rings is 2. The third kappa shape index (κ3) is 5.23. The van der Waals surface area contributed by atoms with Crippen LogP contribution in [0, 0.1) is 5.92 Å². The minimum Gasteiger partial charge on any atom is -0.352 e. The van der Waals surface area contributed by atoms with Crippen molar-refractivity contribution in [1.82, 2.24) is 10.3 Å². The Balaban J connectivity index is 1.36. The minimum absolute atomic E-state index is 0.0802. The number of thiazole rings is 1. The summed E-state index contributed by atoms with van der Waals surface area (Å²) in [6.45, 7) is 4.81. The Morgan fingerprint density at radius 1 is 1.19 bits per heavy atom. The van der Waals surface area contributed by atoms with Crippen LogP contribution in [0.15, 0.2) is 47.4 Å². The Morgan fingerprint density at radius 3 is 2.58 bits per heavy atom. The molecular formula is C22H26N4O3S2. The summed E-state index contributed by atoms with van der Waals surface area (Å²) < 4.78 is 23.6. The highest BCUT2D eigenvalue weighted by molar-refractivity contribution is 7.89. The maximum absolute atomic E-state index is 12.6. The standard InChI is InChI=1S/C22H26N4O3S2/c1-15-9-12-26(13-10-15)22-25-19-7-4-17(14-20(19)30-22)21(27)24-11-8-16-2-5-18(6-3-16)31(23,28)29/h2-7,14-15H,8-13H2,1H3,(H,24,27)(H2,23,28,29). The molecule has 4 rings (SSSR count). The highest BCUT2D eigenvalue weighted by Crippen LogP contribution is 2.32. The maximum Gasteiger partial charge on any atom is 0.251 e. The molecule has 1 saturated heterocycles. The number of carbonyl (C=O) groups is 1. The molecule has 7 nitrogen and oxygen atoms in total. The second-order valence-corrected chi connectivity index (χ2v) is 10.6. The largest absolute Gasteiger partial charge is 0.352 e. The van der Waals surface area contributed by atoms with Crippen LogP contribution in [0.5, 0.6) is 0 Å². The van der Waals surface area contributed by atoms with Gasteiger partial charge in [-0.15, -0.1) is 0 Å². The van der Waals surface area contributed by atoms with Crippen molar-refractivity contribution in [3.05, 3.63) is 53.6 Å². The van der Waals surface area contributed by atoms with Crippen molar-refractivity contribution >= 4 is 42.6 Å². The summed E-state index contributed by atoms with van der Waals surface area (Å²) in [7, 11) is -3.69. The molecule has 0 unspecified atom stereocenters. The zero-order chi connectivity index (χ0) is 22.0. The smallest absolute Gasteiger partial charge is 0.251 e. The third-order valence-corrected chi connectivity index (χ3v) is 7.65. The first-order chi connectivity index (χ1) is 14.8. The van der Waals surface area contributed by atoms with E-state index in [-0.39, 0.29) is 10.8 Å². The van der Waals surface area contributed by atoms with E-state index >= 15 is 0 Å². The Labute approximate surface area is 186 Å². The molecule has 164 valence electrons. The van der Waals surface area contributed by atoms with Crippen molar-refractivity contribution in [3.63, 3.8) is 0 Å². The van der Waals surface area contributed by atoms with Crippen LogP contribution in [-0.4, -0.2) is 38.9 Å². The van der Waals surface area contributed by atoms with Gasteiger partial charge in [-0.2, -0.15) is 0 Å². The number of amides is 1.